The van der Waals surface area contributed by atoms with Gasteiger partial charge in [0.15, 0.2) is 28.3 Å². The Hall–Kier alpha value is -3.41. The molecule has 2 N–H and O–H groups in total. The molecule has 0 saturated heterocycles. The Morgan fingerprint density at radius 1 is 1.10 bits per heavy atom. The van der Waals surface area contributed by atoms with Gasteiger partial charge in [0, 0.05) is 24.5 Å². The molecule has 162 valence electrons. The molecule has 0 spiro atoms. The minimum absolute atomic E-state index is 0.0276. The van der Waals surface area contributed by atoms with Gasteiger partial charge in [-0.2, -0.15) is 18.3 Å². The monoisotopic (exact) mass is 458 g/mol. The number of alkyl halides is 3. The molecule has 0 atom stereocenters. The Morgan fingerprint density at radius 2 is 1.71 bits per heavy atom. The van der Waals surface area contributed by atoms with Gasteiger partial charge in [-0.25, -0.2) is 13.2 Å². The lowest BCUT2D eigenvalue weighted by molar-refractivity contribution is -0.141. The zero-order valence-corrected chi connectivity index (χ0v) is 16.3. The van der Waals surface area contributed by atoms with E-state index >= 15 is 0 Å². The number of benzene rings is 2. The molecule has 2 aromatic carbocycles. The Labute approximate surface area is 176 Å². The standard InChI is InChI=1S/C19H12F6N4OS/c1-29-8-11(16(28-29)19(23,24)25)17(30)27-18(31)26-14-5-3-2-4-10(14)9-6-12(20)15(22)13(21)7-9/h2-8H,1H3,(H2,26,27,30,31). The van der Waals surface area contributed by atoms with Crippen LogP contribution in [0.15, 0.2) is 42.6 Å². The van der Waals surface area contributed by atoms with Gasteiger partial charge < -0.3 is 5.32 Å². The first-order valence-electron chi connectivity index (χ1n) is 8.44. The summed E-state index contributed by atoms with van der Waals surface area (Å²) in [5.74, 6) is -5.60. The molecule has 0 bridgehead atoms. The van der Waals surface area contributed by atoms with Gasteiger partial charge in [0.25, 0.3) is 5.91 Å². The minimum atomic E-state index is -4.85. The molecule has 0 aliphatic heterocycles. The summed E-state index contributed by atoms with van der Waals surface area (Å²) in [4.78, 5) is 12.3. The smallest absolute Gasteiger partial charge is 0.332 e. The van der Waals surface area contributed by atoms with E-state index < -0.39 is 40.8 Å². The fraction of sp³-hybridized carbons (Fsp3) is 0.105. The minimum Gasteiger partial charge on any atom is -0.332 e. The predicted molar refractivity (Wildman–Crippen MR) is 104 cm³/mol. The maximum atomic E-state index is 13.6. The van der Waals surface area contributed by atoms with Crippen molar-refractivity contribution in [3.63, 3.8) is 0 Å². The number of halogens is 6. The molecule has 12 heteroatoms. The van der Waals surface area contributed by atoms with Crippen molar-refractivity contribution < 1.29 is 31.1 Å². The Morgan fingerprint density at radius 3 is 2.32 bits per heavy atom. The number of para-hydroxylation sites is 1. The molecule has 0 radical (unpaired) electrons. The van der Waals surface area contributed by atoms with Crippen molar-refractivity contribution in [1.29, 1.82) is 0 Å². The molecular weight excluding hydrogens is 446 g/mol. The van der Waals surface area contributed by atoms with Crippen LogP contribution in [0.2, 0.25) is 0 Å². The zero-order chi connectivity index (χ0) is 22.9. The molecular formula is C19H12F6N4OS. The number of anilines is 1. The molecule has 0 saturated carbocycles. The highest BCUT2D eigenvalue weighted by molar-refractivity contribution is 7.80. The van der Waals surface area contributed by atoms with E-state index in [0.717, 1.165) is 23.0 Å². The van der Waals surface area contributed by atoms with E-state index in [2.05, 4.69) is 15.7 Å². The van der Waals surface area contributed by atoms with E-state index in [0.29, 0.717) is 0 Å². The van der Waals surface area contributed by atoms with Crippen molar-refractivity contribution in [2.75, 3.05) is 5.32 Å². The second kappa shape index (κ2) is 8.38. The topological polar surface area (TPSA) is 59.0 Å². The summed E-state index contributed by atoms with van der Waals surface area (Å²) >= 11 is 4.98. The molecule has 1 amide bonds. The van der Waals surface area contributed by atoms with E-state index in [-0.39, 0.29) is 21.9 Å². The van der Waals surface area contributed by atoms with Crippen LogP contribution >= 0.6 is 12.2 Å². The van der Waals surface area contributed by atoms with Crippen molar-refractivity contribution in [3.8, 4) is 11.1 Å². The highest BCUT2D eigenvalue weighted by Crippen LogP contribution is 2.31. The fourth-order valence-electron chi connectivity index (χ4n) is 2.74. The van der Waals surface area contributed by atoms with Gasteiger partial charge in [0.05, 0.1) is 5.56 Å². The lowest BCUT2D eigenvalue weighted by Crippen LogP contribution is -2.35. The van der Waals surface area contributed by atoms with Gasteiger partial charge >= 0.3 is 6.18 Å². The number of nitrogens with one attached hydrogen (secondary N) is 2. The third kappa shape index (κ3) is 4.85. The van der Waals surface area contributed by atoms with Crippen LogP contribution in [0.1, 0.15) is 16.1 Å². The van der Waals surface area contributed by atoms with E-state index in [1.54, 1.807) is 0 Å². The highest BCUT2D eigenvalue weighted by Gasteiger charge is 2.39. The van der Waals surface area contributed by atoms with Crippen LogP contribution in [-0.4, -0.2) is 20.8 Å². The molecule has 3 rings (SSSR count). The molecule has 0 aliphatic rings. The van der Waals surface area contributed by atoms with Crippen LogP contribution in [0, 0.1) is 17.5 Å². The number of carbonyl (C=O) groups excluding carboxylic acids is 1. The van der Waals surface area contributed by atoms with Gasteiger partial charge in [-0.1, -0.05) is 18.2 Å². The van der Waals surface area contributed by atoms with Crippen molar-refractivity contribution >= 4 is 28.9 Å². The third-order valence-corrected chi connectivity index (χ3v) is 4.24. The maximum Gasteiger partial charge on any atom is 0.435 e. The van der Waals surface area contributed by atoms with Crippen molar-refractivity contribution in [3.05, 3.63) is 71.3 Å². The zero-order valence-electron chi connectivity index (χ0n) is 15.5. The average Bonchev–Trinajstić information content (AvgIpc) is 3.08. The molecule has 5 nitrogen and oxygen atoms in total. The molecule has 1 aromatic heterocycles. The van der Waals surface area contributed by atoms with Crippen LogP contribution in [0.25, 0.3) is 11.1 Å². The number of nitrogens with zero attached hydrogens (tertiary/aromatic N) is 2. The second-order valence-electron chi connectivity index (χ2n) is 6.27. The number of thiocarbonyl (C=S) groups is 1. The number of hydrogen-bond acceptors (Lipinski definition) is 3. The summed E-state index contributed by atoms with van der Waals surface area (Å²) in [6.45, 7) is 0. The number of hydrogen-bond donors (Lipinski definition) is 2. The summed E-state index contributed by atoms with van der Waals surface area (Å²) in [6.07, 6.45) is -3.97. The van der Waals surface area contributed by atoms with Crippen molar-refractivity contribution in [2.24, 2.45) is 7.05 Å². The van der Waals surface area contributed by atoms with E-state index in [9.17, 15) is 31.1 Å². The van der Waals surface area contributed by atoms with Crippen LogP contribution in [0.4, 0.5) is 32.0 Å². The molecule has 0 fully saturated rings. The number of rotatable bonds is 3. The number of carbonyl (C=O) groups is 1. The van der Waals surface area contributed by atoms with Crippen LogP contribution < -0.4 is 10.6 Å². The normalized spacial score (nSPS) is 11.3. The average molecular weight is 458 g/mol. The number of aromatic nitrogens is 2. The van der Waals surface area contributed by atoms with Gasteiger partial charge in [-0.3, -0.25) is 14.8 Å². The van der Waals surface area contributed by atoms with Gasteiger partial charge in [-0.05, 0) is 36.0 Å². The number of amides is 1. The molecule has 1 heterocycles. The number of aryl methyl sites for hydroxylation is 1. The molecule has 31 heavy (non-hydrogen) atoms. The first kappa shape index (κ1) is 22.3. The summed E-state index contributed by atoms with van der Waals surface area (Å²) in [6, 6.07) is 7.50. The molecule has 0 aliphatic carbocycles. The lowest BCUT2D eigenvalue weighted by Gasteiger charge is -2.14. The SMILES string of the molecule is Cn1cc(C(=O)NC(=S)Nc2ccccc2-c2cc(F)c(F)c(F)c2)c(C(F)(F)F)n1. The Kier molecular flexibility index (Phi) is 6.02. The first-order chi connectivity index (χ1) is 14.5. The van der Waals surface area contributed by atoms with Crippen LogP contribution in [-0.2, 0) is 13.2 Å². The molecule has 0 unspecified atom stereocenters. The van der Waals surface area contributed by atoms with Crippen molar-refractivity contribution in [1.82, 2.24) is 15.1 Å². The summed E-state index contributed by atoms with van der Waals surface area (Å²) in [5, 5.41) is 7.54. The van der Waals surface area contributed by atoms with Gasteiger partial charge in [-0.15, -0.1) is 0 Å². The largest absolute Gasteiger partial charge is 0.435 e. The van der Waals surface area contributed by atoms with Gasteiger partial charge in [0.1, 0.15) is 0 Å². The summed E-state index contributed by atoms with van der Waals surface area (Å²) in [7, 11) is 1.22. The van der Waals surface area contributed by atoms with Crippen molar-refractivity contribution in [2.45, 2.75) is 6.18 Å². The third-order valence-electron chi connectivity index (χ3n) is 4.04. The van der Waals surface area contributed by atoms with E-state index in [4.69, 9.17) is 12.2 Å². The maximum absolute atomic E-state index is 13.6. The molecule has 3 aromatic rings. The fourth-order valence-corrected chi connectivity index (χ4v) is 2.95. The van der Waals surface area contributed by atoms with Crippen LogP contribution in [0.3, 0.4) is 0 Å². The first-order valence-corrected chi connectivity index (χ1v) is 8.85. The predicted octanol–water partition coefficient (Wildman–Crippen LogP) is 4.65. The summed E-state index contributed by atoms with van der Waals surface area (Å²) < 4.78 is 80.4. The Balaban J connectivity index is 1.84. The second-order valence-corrected chi connectivity index (χ2v) is 6.68. The highest BCUT2D eigenvalue weighted by atomic mass is 32.1. The summed E-state index contributed by atoms with van der Waals surface area (Å²) in [5.41, 5.74) is -1.78. The quantitative estimate of drug-likeness (QED) is 0.341. The van der Waals surface area contributed by atoms with Gasteiger partial charge in [0.2, 0.25) is 0 Å². The lowest BCUT2D eigenvalue weighted by atomic mass is 10.0. The van der Waals surface area contributed by atoms with Crippen LogP contribution in [0.5, 0.6) is 0 Å². The van der Waals surface area contributed by atoms with E-state index in [1.165, 1.54) is 31.3 Å². The Bertz CT molecular complexity index is 1150. The van der Waals surface area contributed by atoms with E-state index in [1.807, 2.05) is 0 Å².